The summed E-state index contributed by atoms with van der Waals surface area (Å²) >= 11 is 5.84. The molecule has 1 aliphatic rings. The highest BCUT2D eigenvalue weighted by atomic mass is 35.5. The largest absolute Gasteiger partial charge is 0.432 e. The molecule has 0 bridgehead atoms. The van der Waals surface area contributed by atoms with Gasteiger partial charge in [-0.15, -0.1) is 11.6 Å². The van der Waals surface area contributed by atoms with Gasteiger partial charge in [0.2, 0.25) is 0 Å². The Hall–Kier alpha value is -1.22. The molecule has 0 spiro atoms. The summed E-state index contributed by atoms with van der Waals surface area (Å²) in [5.74, 6) is -0.436. The van der Waals surface area contributed by atoms with Crippen LogP contribution in [0.2, 0.25) is 0 Å². The predicted molar refractivity (Wildman–Crippen MR) is 55.6 cm³/mol. The molecular weight excluding hydrogens is 254 g/mol. The second-order valence-corrected chi connectivity index (χ2v) is 4.12. The second-order valence-electron chi connectivity index (χ2n) is 3.62. The Morgan fingerprint density at radius 2 is 2.41 bits per heavy atom. The number of halogens is 1. The smallest absolute Gasteiger partial charge is 0.394 e. The van der Waals surface area contributed by atoms with E-state index in [-0.39, 0.29) is 12.3 Å². The lowest BCUT2D eigenvalue weighted by Gasteiger charge is -2.09. The van der Waals surface area contributed by atoms with Gasteiger partial charge in [-0.25, -0.2) is 4.98 Å². The monoisotopic (exact) mass is 263 g/mol. The molecular formula is C8H10ClN3O5. The van der Waals surface area contributed by atoms with Crippen LogP contribution in [0, 0.1) is 10.1 Å². The first-order valence-corrected chi connectivity index (χ1v) is 5.26. The normalized spacial score (nSPS) is 32.9. The van der Waals surface area contributed by atoms with Crippen molar-refractivity contribution in [2.45, 2.75) is 23.7 Å². The van der Waals surface area contributed by atoms with Crippen molar-refractivity contribution in [2.75, 3.05) is 6.61 Å². The van der Waals surface area contributed by atoms with Gasteiger partial charge >= 0.3 is 5.95 Å². The first kappa shape index (κ1) is 12.2. The van der Waals surface area contributed by atoms with Crippen LogP contribution >= 0.6 is 11.6 Å². The Kier molecular flexibility index (Phi) is 3.29. The zero-order chi connectivity index (χ0) is 12.6. The summed E-state index contributed by atoms with van der Waals surface area (Å²) in [6.45, 7) is -0.339. The molecule has 17 heavy (non-hydrogen) atoms. The van der Waals surface area contributed by atoms with Crippen LogP contribution in [-0.4, -0.2) is 49.3 Å². The fraction of sp³-hybridized carbons (Fsp3) is 0.625. The van der Waals surface area contributed by atoms with E-state index in [1.165, 1.54) is 6.20 Å². The third kappa shape index (κ3) is 2.12. The summed E-state index contributed by atoms with van der Waals surface area (Å²) in [6.07, 6.45) is -1.39. The highest BCUT2D eigenvalue weighted by Gasteiger charge is 2.45. The van der Waals surface area contributed by atoms with E-state index in [0.717, 1.165) is 0 Å². The molecule has 0 aromatic carbocycles. The van der Waals surface area contributed by atoms with Crippen molar-refractivity contribution < 1.29 is 19.9 Å². The van der Waals surface area contributed by atoms with Gasteiger partial charge in [-0.1, -0.05) is 4.98 Å². The number of ether oxygens (including phenoxy) is 1. The lowest BCUT2D eigenvalue weighted by Crippen LogP contribution is -2.27. The Morgan fingerprint density at radius 1 is 1.71 bits per heavy atom. The molecule has 9 heteroatoms. The van der Waals surface area contributed by atoms with E-state index in [4.69, 9.17) is 21.4 Å². The van der Waals surface area contributed by atoms with Crippen LogP contribution in [0.25, 0.3) is 0 Å². The Balaban J connectivity index is 2.19. The van der Waals surface area contributed by atoms with Crippen molar-refractivity contribution in [3.63, 3.8) is 0 Å². The second kappa shape index (κ2) is 4.57. The van der Waals surface area contributed by atoms with Gasteiger partial charge < -0.3 is 25.1 Å². The first-order valence-electron chi connectivity index (χ1n) is 4.82. The van der Waals surface area contributed by atoms with Gasteiger partial charge in [0.15, 0.2) is 5.69 Å². The van der Waals surface area contributed by atoms with Crippen molar-refractivity contribution in [3.05, 3.63) is 22.0 Å². The van der Waals surface area contributed by atoms with Gasteiger partial charge in [-0.2, -0.15) is 0 Å². The number of imidazole rings is 1. The number of nitro groups is 1. The summed E-state index contributed by atoms with van der Waals surface area (Å²) in [7, 11) is 0. The van der Waals surface area contributed by atoms with E-state index < -0.39 is 34.6 Å². The van der Waals surface area contributed by atoms with E-state index in [1.54, 1.807) is 0 Å². The molecule has 2 heterocycles. The van der Waals surface area contributed by atoms with E-state index in [1.807, 2.05) is 0 Å². The fourth-order valence-corrected chi connectivity index (χ4v) is 1.95. The maximum absolute atomic E-state index is 10.4. The SMILES string of the molecule is O=[N+]([O-])c1nc([C@@H]2O[C@H](CO)[C@H](Cl)[C@H]2O)c[nH]1. The maximum Gasteiger partial charge on any atom is 0.432 e. The number of H-pyrrole nitrogens is 1. The highest BCUT2D eigenvalue weighted by molar-refractivity contribution is 6.21. The summed E-state index contributed by atoms with van der Waals surface area (Å²) in [4.78, 5) is 15.8. The van der Waals surface area contributed by atoms with E-state index in [9.17, 15) is 15.2 Å². The zero-order valence-electron chi connectivity index (χ0n) is 8.49. The summed E-state index contributed by atoms with van der Waals surface area (Å²) in [5, 5.41) is 28.4. The minimum atomic E-state index is -1.07. The van der Waals surface area contributed by atoms with Crippen LogP contribution in [0.1, 0.15) is 11.8 Å². The Morgan fingerprint density at radius 3 is 2.88 bits per heavy atom. The van der Waals surface area contributed by atoms with Crippen molar-refractivity contribution in [1.82, 2.24) is 9.97 Å². The van der Waals surface area contributed by atoms with Crippen LogP contribution in [0.15, 0.2) is 6.20 Å². The number of hydrogen-bond acceptors (Lipinski definition) is 6. The number of rotatable bonds is 3. The number of alkyl halides is 1. The van der Waals surface area contributed by atoms with Crippen LogP contribution in [-0.2, 0) is 4.74 Å². The number of aliphatic hydroxyl groups excluding tert-OH is 2. The van der Waals surface area contributed by atoms with Crippen molar-refractivity contribution in [2.24, 2.45) is 0 Å². The van der Waals surface area contributed by atoms with Gasteiger partial charge in [-0.3, -0.25) is 0 Å². The first-order chi connectivity index (χ1) is 8.04. The molecule has 1 aliphatic heterocycles. The van der Waals surface area contributed by atoms with Crippen molar-refractivity contribution in [1.29, 1.82) is 0 Å². The van der Waals surface area contributed by atoms with Crippen LogP contribution in [0.5, 0.6) is 0 Å². The molecule has 1 fully saturated rings. The third-order valence-corrected chi connectivity index (χ3v) is 3.08. The topological polar surface area (TPSA) is 122 Å². The van der Waals surface area contributed by atoms with Gasteiger partial charge in [-0.05, 0) is 4.92 Å². The third-order valence-electron chi connectivity index (χ3n) is 2.54. The molecule has 0 amide bonds. The molecule has 1 aromatic rings. The lowest BCUT2D eigenvalue weighted by molar-refractivity contribution is -0.393. The lowest BCUT2D eigenvalue weighted by atomic mass is 10.1. The number of hydrogen-bond donors (Lipinski definition) is 3. The molecule has 8 nitrogen and oxygen atoms in total. The average molecular weight is 264 g/mol. The van der Waals surface area contributed by atoms with Gasteiger partial charge in [0.1, 0.15) is 24.5 Å². The fourth-order valence-electron chi connectivity index (χ4n) is 1.68. The number of aromatic amines is 1. The summed E-state index contributed by atoms with van der Waals surface area (Å²) in [6, 6.07) is 0. The standard InChI is InChI=1S/C8H10ClN3O5/c9-5-4(2-13)17-7(6(5)14)3-1-10-8(11-3)12(15)16/h1,4-7,13-14H,2H2,(H,10,11)/t4-,5+,6-,7+/m1/s1. The van der Waals surface area contributed by atoms with E-state index in [0.29, 0.717) is 0 Å². The molecule has 1 saturated heterocycles. The zero-order valence-corrected chi connectivity index (χ0v) is 9.24. The van der Waals surface area contributed by atoms with Crippen LogP contribution in [0.3, 0.4) is 0 Å². The molecule has 0 unspecified atom stereocenters. The van der Waals surface area contributed by atoms with Gasteiger partial charge in [0.25, 0.3) is 0 Å². The molecule has 94 valence electrons. The predicted octanol–water partition coefficient (Wildman–Crippen LogP) is -0.282. The maximum atomic E-state index is 10.4. The Bertz CT molecular complexity index is 425. The van der Waals surface area contributed by atoms with Gasteiger partial charge in [0, 0.05) is 0 Å². The number of aromatic nitrogens is 2. The number of nitrogens with one attached hydrogen (secondary N) is 1. The molecule has 4 atom stereocenters. The van der Waals surface area contributed by atoms with E-state index in [2.05, 4.69) is 9.97 Å². The van der Waals surface area contributed by atoms with Crippen molar-refractivity contribution in [3.8, 4) is 0 Å². The van der Waals surface area contributed by atoms with Crippen LogP contribution in [0.4, 0.5) is 5.95 Å². The number of aliphatic hydroxyl groups is 2. The molecule has 2 rings (SSSR count). The highest BCUT2D eigenvalue weighted by Crippen LogP contribution is 2.35. The molecule has 3 N–H and O–H groups in total. The summed E-state index contributed by atoms with van der Waals surface area (Å²) in [5.41, 5.74) is 0.186. The van der Waals surface area contributed by atoms with Crippen LogP contribution < -0.4 is 0 Å². The summed E-state index contributed by atoms with van der Waals surface area (Å²) < 4.78 is 5.28. The quantitative estimate of drug-likeness (QED) is 0.392. The number of nitrogens with zero attached hydrogens (tertiary/aromatic N) is 2. The molecule has 1 aromatic heterocycles. The minimum Gasteiger partial charge on any atom is -0.394 e. The van der Waals surface area contributed by atoms with E-state index >= 15 is 0 Å². The minimum absolute atomic E-state index is 0.186. The molecule has 0 saturated carbocycles. The molecule has 0 radical (unpaired) electrons. The Labute approximate surface area is 100 Å². The van der Waals surface area contributed by atoms with Crippen molar-refractivity contribution >= 4 is 17.5 Å². The average Bonchev–Trinajstić information content (AvgIpc) is 2.87. The van der Waals surface area contributed by atoms with Gasteiger partial charge in [0.05, 0.1) is 12.0 Å². The molecule has 0 aliphatic carbocycles.